The van der Waals surface area contributed by atoms with E-state index in [9.17, 15) is 17.6 Å². The van der Waals surface area contributed by atoms with Crippen LogP contribution in [0.15, 0.2) is 24.3 Å². The number of hydrogen-bond acceptors (Lipinski definition) is 1. The van der Waals surface area contributed by atoms with Crippen LogP contribution in [0.25, 0.3) is 0 Å². The predicted octanol–water partition coefficient (Wildman–Crippen LogP) is 7.43. The second-order valence-electron chi connectivity index (χ2n) is 8.48. The molecular weight excluding hydrogens is 368 g/mol. The molecule has 1 nitrogen and oxygen atoms in total. The maximum absolute atomic E-state index is 14.6. The normalized spacial score (nSPS) is 29.2. The molecule has 1 aromatic carbocycles. The molecule has 0 unspecified atom stereocenters. The fourth-order valence-corrected chi connectivity index (χ4v) is 4.94. The zero-order valence-corrected chi connectivity index (χ0v) is 16.7. The summed E-state index contributed by atoms with van der Waals surface area (Å²) in [6.07, 6.45) is 7.86. The lowest BCUT2D eigenvalue weighted by molar-refractivity contribution is -0.225. The third-order valence-electron chi connectivity index (χ3n) is 6.68. The fraction of sp³-hybridized carbons (Fsp3) is 0.652. The van der Waals surface area contributed by atoms with E-state index in [1.165, 1.54) is 38.7 Å². The number of allylic oxidation sites excluding steroid dienone is 2. The van der Waals surface area contributed by atoms with Crippen LogP contribution in [-0.4, -0.2) is 6.11 Å². The summed E-state index contributed by atoms with van der Waals surface area (Å²) in [5.74, 6) is -2.35. The van der Waals surface area contributed by atoms with Crippen molar-refractivity contribution >= 4 is 0 Å². The Morgan fingerprint density at radius 2 is 1.46 bits per heavy atom. The fourth-order valence-electron chi connectivity index (χ4n) is 4.94. The first kappa shape index (κ1) is 21.2. The highest BCUT2D eigenvalue weighted by Gasteiger charge is 2.45. The third-order valence-corrected chi connectivity index (χ3v) is 6.68. The molecule has 0 bridgehead atoms. The van der Waals surface area contributed by atoms with E-state index in [1.54, 1.807) is 0 Å². The van der Waals surface area contributed by atoms with Crippen LogP contribution in [0.2, 0.25) is 0 Å². The van der Waals surface area contributed by atoms with Crippen molar-refractivity contribution in [3.8, 4) is 5.75 Å². The van der Waals surface area contributed by atoms with Gasteiger partial charge in [-0.15, -0.1) is 0 Å². The Balaban J connectivity index is 1.55. The summed E-state index contributed by atoms with van der Waals surface area (Å²) in [6.45, 7) is 3.43. The lowest BCUT2D eigenvalue weighted by atomic mass is 9.69. The maximum Gasteiger partial charge on any atom is 0.400 e. The molecule has 0 N–H and O–H groups in total. The Bertz CT molecular complexity index is 684. The Hall–Kier alpha value is -1.52. The molecule has 0 amide bonds. The van der Waals surface area contributed by atoms with Gasteiger partial charge >= 0.3 is 6.11 Å². The Labute approximate surface area is 165 Å². The van der Waals surface area contributed by atoms with E-state index in [2.05, 4.69) is 16.9 Å². The van der Waals surface area contributed by atoms with Crippen LogP contribution in [0.4, 0.5) is 17.6 Å². The number of rotatable bonds is 5. The molecule has 3 rings (SSSR count). The molecule has 0 radical (unpaired) electrons. The summed E-state index contributed by atoms with van der Waals surface area (Å²) >= 11 is 0. The number of hydrogen-bond donors (Lipinski definition) is 0. The largest absolute Gasteiger partial charge is 0.429 e. The van der Waals surface area contributed by atoms with E-state index in [0.717, 1.165) is 18.9 Å². The van der Waals surface area contributed by atoms with Gasteiger partial charge in [0.05, 0.1) is 5.92 Å². The van der Waals surface area contributed by atoms with Gasteiger partial charge in [0.25, 0.3) is 0 Å². The number of alkyl halides is 2. The molecule has 1 aromatic rings. The average molecular weight is 398 g/mol. The molecule has 28 heavy (non-hydrogen) atoms. The molecule has 2 saturated carbocycles. The summed E-state index contributed by atoms with van der Waals surface area (Å²) in [5.41, 5.74) is 0.0674. The van der Waals surface area contributed by atoms with Crippen molar-refractivity contribution in [1.29, 1.82) is 0 Å². The molecule has 5 heteroatoms. The van der Waals surface area contributed by atoms with Crippen molar-refractivity contribution in [2.45, 2.75) is 71.3 Å². The Morgan fingerprint density at radius 1 is 0.893 bits per heavy atom. The van der Waals surface area contributed by atoms with Crippen molar-refractivity contribution in [3.05, 3.63) is 41.5 Å². The van der Waals surface area contributed by atoms with Gasteiger partial charge in [0.2, 0.25) is 5.82 Å². The first-order valence-corrected chi connectivity index (χ1v) is 10.5. The number of aryl methyl sites for hydroxylation is 1. The topological polar surface area (TPSA) is 9.23 Å². The lowest BCUT2D eigenvalue weighted by Gasteiger charge is -2.39. The minimum Gasteiger partial charge on any atom is -0.429 e. The van der Waals surface area contributed by atoms with Gasteiger partial charge in [-0.2, -0.15) is 13.2 Å². The highest BCUT2D eigenvalue weighted by Crippen LogP contribution is 2.45. The van der Waals surface area contributed by atoms with E-state index in [-0.39, 0.29) is 5.56 Å². The van der Waals surface area contributed by atoms with E-state index in [0.29, 0.717) is 30.6 Å². The van der Waals surface area contributed by atoms with E-state index in [1.807, 2.05) is 6.92 Å². The van der Waals surface area contributed by atoms with Crippen molar-refractivity contribution in [3.63, 3.8) is 0 Å². The number of ether oxygens (including phenoxy) is 1. The number of benzene rings is 1. The SMILES string of the molecule is C/C=C/C1CCC(C2CCC(C(F)(F)Oc3ccc(C)c(F)c3F)CC2)CC1. The van der Waals surface area contributed by atoms with Gasteiger partial charge < -0.3 is 4.74 Å². The van der Waals surface area contributed by atoms with Crippen LogP contribution in [0.5, 0.6) is 5.75 Å². The van der Waals surface area contributed by atoms with E-state index >= 15 is 0 Å². The summed E-state index contributed by atoms with van der Waals surface area (Å²) in [6, 6.07) is 2.33. The first-order valence-electron chi connectivity index (χ1n) is 10.5. The molecular formula is C23H30F4O. The molecule has 156 valence electrons. The minimum absolute atomic E-state index is 0.0674. The quantitative estimate of drug-likeness (QED) is 0.370. The molecule has 0 spiro atoms. The van der Waals surface area contributed by atoms with Crippen LogP contribution >= 0.6 is 0 Å². The Morgan fingerprint density at radius 3 is 2.04 bits per heavy atom. The minimum atomic E-state index is -3.49. The van der Waals surface area contributed by atoms with Crippen LogP contribution in [0.1, 0.15) is 63.9 Å². The summed E-state index contributed by atoms with van der Waals surface area (Å²) in [4.78, 5) is 0. The molecule has 0 atom stereocenters. The van der Waals surface area contributed by atoms with Crippen LogP contribution in [0, 0.1) is 42.2 Å². The average Bonchev–Trinajstić information content (AvgIpc) is 2.69. The smallest absolute Gasteiger partial charge is 0.400 e. The van der Waals surface area contributed by atoms with Crippen molar-refractivity contribution in [2.24, 2.45) is 23.7 Å². The maximum atomic E-state index is 14.6. The zero-order valence-electron chi connectivity index (χ0n) is 16.7. The Kier molecular flexibility index (Phi) is 6.72. The van der Waals surface area contributed by atoms with Gasteiger partial charge in [-0.05, 0) is 94.6 Å². The predicted molar refractivity (Wildman–Crippen MR) is 102 cm³/mol. The molecule has 0 saturated heterocycles. The summed E-state index contributed by atoms with van der Waals surface area (Å²) in [7, 11) is 0. The summed E-state index contributed by atoms with van der Waals surface area (Å²) in [5, 5.41) is 0. The lowest BCUT2D eigenvalue weighted by Crippen LogP contribution is -2.38. The standard InChI is InChI=1S/C23H30F4O/c1-3-4-16-6-8-17(9-7-16)18-10-12-19(13-11-18)23(26,27)28-20-14-5-15(2)21(24)22(20)25/h3-5,14,16-19H,6-13H2,1-2H3/b4-3+. The molecule has 0 heterocycles. The van der Waals surface area contributed by atoms with Gasteiger partial charge in [-0.25, -0.2) is 4.39 Å². The van der Waals surface area contributed by atoms with Crippen molar-refractivity contribution < 1.29 is 22.3 Å². The van der Waals surface area contributed by atoms with Gasteiger partial charge in [0, 0.05) is 0 Å². The molecule has 2 aliphatic carbocycles. The molecule has 2 fully saturated rings. The van der Waals surface area contributed by atoms with Gasteiger partial charge in [-0.3, -0.25) is 0 Å². The van der Waals surface area contributed by atoms with Crippen molar-refractivity contribution in [1.82, 2.24) is 0 Å². The molecule has 0 aliphatic heterocycles. The van der Waals surface area contributed by atoms with Gasteiger partial charge in [0.1, 0.15) is 0 Å². The summed E-state index contributed by atoms with van der Waals surface area (Å²) < 4.78 is 61.4. The van der Waals surface area contributed by atoms with Gasteiger partial charge in [0.15, 0.2) is 11.6 Å². The van der Waals surface area contributed by atoms with E-state index < -0.39 is 29.4 Å². The van der Waals surface area contributed by atoms with Crippen LogP contribution < -0.4 is 4.74 Å². The number of halogens is 4. The zero-order chi connectivity index (χ0) is 20.3. The highest BCUT2D eigenvalue weighted by molar-refractivity contribution is 5.30. The third kappa shape index (κ3) is 4.72. The first-order chi connectivity index (χ1) is 13.3. The van der Waals surface area contributed by atoms with E-state index in [4.69, 9.17) is 0 Å². The van der Waals surface area contributed by atoms with Gasteiger partial charge in [-0.1, -0.05) is 18.2 Å². The second kappa shape index (κ2) is 8.87. The second-order valence-corrected chi connectivity index (χ2v) is 8.48. The molecule has 0 aromatic heterocycles. The highest BCUT2D eigenvalue weighted by atomic mass is 19.3. The van der Waals surface area contributed by atoms with Crippen LogP contribution in [0.3, 0.4) is 0 Å². The molecule has 2 aliphatic rings. The monoisotopic (exact) mass is 398 g/mol. The van der Waals surface area contributed by atoms with Crippen LogP contribution in [-0.2, 0) is 0 Å². The van der Waals surface area contributed by atoms with Crippen molar-refractivity contribution in [2.75, 3.05) is 0 Å².